The zero-order valence-electron chi connectivity index (χ0n) is 11.1. The Hall–Kier alpha value is -0.580. The molecule has 1 fully saturated rings. The van der Waals surface area contributed by atoms with Gasteiger partial charge in [-0.3, -0.25) is 0 Å². The van der Waals surface area contributed by atoms with E-state index >= 15 is 0 Å². The van der Waals surface area contributed by atoms with Crippen molar-refractivity contribution in [1.29, 1.82) is 0 Å². The molecule has 0 unspecified atom stereocenters. The monoisotopic (exact) mass is 281 g/mol. The van der Waals surface area contributed by atoms with Crippen LogP contribution in [0.4, 0.5) is 0 Å². The summed E-state index contributed by atoms with van der Waals surface area (Å²) >= 11 is 7.34. The van der Waals surface area contributed by atoms with Gasteiger partial charge in [0, 0.05) is 23.5 Å². The van der Waals surface area contributed by atoms with Crippen LogP contribution in [0.25, 0.3) is 0 Å². The lowest BCUT2D eigenvalue weighted by atomic mass is 10.1. The second kappa shape index (κ2) is 6.04. The third kappa shape index (κ3) is 3.25. The lowest BCUT2D eigenvalue weighted by Gasteiger charge is -2.37. The molecule has 0 saturated carbocycles. The highest BCUT2D eigenvalue weighted by Crippen LogP contribution is 2.18. The van der Waals surface area contributed by atoms with Gasteiger partial charge in [-0.25, -0.2) is 0 Å². The molecule has 2 rings (SSSR count). The van der Waals surface area contributed by atoms with E-state index in [4.69, 9.17) is 17.0 Å². The Bertz CT molecular complexity index is 408. The molecule has 0 aromatic heterocycles. The highest BCUT2D eigenvalue weighted by Gasteiger charge is 2.24. The van der Waals surface area contributed by atoms with Gasteiger partial charge in [-0.15, -0.1) is 11.8 Å². The number of benzene rings is 1. The van der Waals surface area contributed by atoms with Crippen molar-refractivity contribution in [3.8, 4) is 0 Å². The average molecular weight is 281 g/mol. The second-order valence-corrected chi connectivity index (χ2v) is 5.96. The summed E-state index contributed by atoms with van der Waals surface area (Å²) in [5, 5.41) is 0. The van der Waals surface area contributed by atoms with E-state index in [0.717, 1.165) is 23.6 Å². The van der Waals surface area contributed by atoms with Crippen molar-refractivity contribution < 1.29 is 4.74 Å². The topological polar surface area (TPSA) is 12.5 Å². The Balaban J connectivity index is 2.09. The lowest BCUT2D eigenvalue weighted by molar-refractivity contribution is -0.0472. The zero-order chi connectivity index (χ0) is 13.1. The maximum absolute atomic E-state index is 5.73. The first-order valence-corrected chi connectivity index (χ1v) is 7.82. The summed E-state index contributed by atoms with van der Waals surface area (Å²) in [5.41, 5.74) is 1.13. The number of ether oxygens (including phenoxy) is 1. The van der Waals surface area contributed by atoms with E-state index in [1.165, 1.54) is 4.90 Å². The minimum absolute atomic E-state index is 0.247. The Kier molecular flexibility index (Phi) is 4.65. The van der Waals surface area contributed by atoms with Crippen LogP contribution in [-0.4, -0.2) is 41.4 Å². The normalized spacial score (nSPS) is 24.1. The van der Waals surface area contributed by atoms with Crippen molar-refractivity contribution in [1.82, 2.24) is 4.90 Å². The number of morpholine rings is 1. The molecule has 18 heavy (non-hydrogen) atoms. The van der Waals surface area contributed by atoms with Crippen molar-refractivity contribution in [3.63, 3.8) is 0 Å². The fraction of sp³-hybridized carbons (Fsp3) is 0.500. The van der Waals surface area contributed by atoms with Gasteiger partial charge in [-0.2, -0.15) is 0 Å². The highest BCUT2D eigenvalue weighted by atomic mass is 32.2. The van der Waals surface area contributed by atoms with E-state index in [-0.39, 0.29) is 12.2 Å². The largest absolute Gasteiger partial charge is 0.372 e. The van der Waals surface area contributed by atoms with Gasteiger partial charge in [0.05, 0.1) is 12.2 Å². The molecule has 1 heterocycles. The van der Waals surface area contributed by atoms with Crippen molar-refractivity contribution >= 4 is 29.0 Å². The number of thiocarbonyl (C=S) groups is 1. The first kappa shape index (κ1) is 13.8. The van der Waals surface area contributed by atoms with Gasteiger partial charge in [-0.1, -0.05) is 24.4 Å². The van der Waals surface area contributed by atoms with Crippen LogP contribution in [-0.2, 0) is 4.74 Å². The maximum Gasteiger partial charge on any atom is 0.109 e. The van der Waals surface area contributed by atoms with E-state index < -0.39 is 0 Å². The van der Waals surface area contributed by atoms with Gasteiger partial charge in [-0.05, 0) is 32.2 Å². The third-order valence-corrected chi connectivity index (χ3v) is 4.28. The van der Waals surface area contributed by atoms with Crippen LogP contribution in [0.2, 0.25) is 0 Å². The van der Waals surface area contributed by atoms with Crippen molar-refractivity contribution in [2.45, 2.75) is 31.0 Å². The fourth-order valence-corrected chi connectivity index (χ4v) is 2.95. The van der Waals surface area contributed by atoms with Crippen LogP contribution < -0.4 is 0 Å². The molecule has 0 amide bonds. The molecule has 0 radical (unpaired) electrons. The van der Waals surface area contributed by atoms with Crippen LogP contribution >= 0.6 is 24.0 Å². The number of thioether (sulfide) groups is 1. The smallest absolute Gasteiger partial charge is 0.109 e. The van der Waals surface area contributed by atoms with Gasteiger partial charge in [0.25, 0.3) is 0 Å². The predicted octanol–water partition coefficient (Wildman–Crippen LogP) is 3.19. The third-order valence-electron chi connectivity index (χ3n) is 3.04. The maximum atomic E-state index is 5.73. The Morgan fingerprint density at radius 1 is 1.22 bits per heavy atom. The van der Waals surface area contributed by atoms with Gasteiger partial charge >= 0.3 is 0 Å². The predicted molar refractivity (Wildman–Crippen MR) is 81.5 cm³/mol. The van der Waals surface area contributed by atoms with E-state index in [9.17, 15) is 0 Å². The molecule has 1 aliphatic heterocycles. The molecule has 1 aromatic rings. The molecule has 0 N–H and O–H groups in total. The van der Waals surface area contributed by atoms with Gasteiger partial charge in [0.15, 0.2) is 0 Å². The van der Waals surface area contributed by atoms with Crippen LogP contribution in [0.15, 0.2) is 29.2 Å². The molecule has 98 valence electrons. The molecule has 1 saturated heterocycles. The van der Waals surface area contributed by atoms with Crippen molar-refractivity contribution in [2.75, 3.05) is 19.3 Å². The van der Waals surface area contributed by atoms with Crippen LogP contribution in [0.3, 0.4) is 0 Å². The molecule has 0 aliphatic carbocycles. The molecular weight excluding hydrogens is 262 g/mol. The molecule has 1 aliphatic rings. The summed E-state index contributed by atoms with van der Waals surface area (Å²) in [6.07, 6.45) is 2.58. The summed E-state index contributed by atoms with van der Waals surface area (Å²) in [6, 6.07) is 8.47. The standard InChI is InChI=1S/C14H19NOS2/c1-10-8-15(9-11(2)16-10)14(17)12-4-6-13(18-3)7-5-12/h4-7,10-11H,8-9H2,1-3H3/t10-,11-/m0/s1. The SMILES string of the molecule is CSc1ccc(C(=S)N2C[C@H](C)O[C@@H](C)C2)cc1. The summed E-state index contributed by atoms with van der Waals surface area (Å²) in [6.45, 7) is 5.96. The van der Waals surface area contributed by atoms with E-state index in [0.29, 0.717) is 0 Å². The number of nitrogens with zero attached hydrogens (tertiary/aromatic N) is 1. The van der Waals surface area contributed by atoms with Crippen LogP contribution in [0.5, 0.6) is 0 Å². The second-order valence-electron chi connectivity index (χ2n) is 4.70. The molecule has 2 atom stereocenters. The first-order chi connectivity index (χ1) is 8.60. The first-order valence-electron chi connectivity index (χ1n) is 6.19. The van der Waals surface area contributed by atoms with Gasteiger partial charge in [0.1, 0.15) is 4.99 Å². The lowest BCUT2D eigenvalue weighted by Crippen LogP contribution is -2.47. The van der Waals surface area contributed by atoms with Crippen LogP contribution in [0.1, 0.15) is 19.4 Å². The van der Waals surface area contributed by atoms with Gasteiger partial charge in [0.2, 0.25) is 0 Å². The molecular formula is C14H19NOS2. The Morgan fingerprint density at radius 3 is 2.28 bits per heavy atom. The van der Waals surface area contributed by atoms with Gasteiger partial charge < -0.3 is 9.64 Å². The summed E-state index contributed by atoms with van der Waals surface area (Å²) in [7, 11) is 0. The minimum atomic E-state index is 0.247. The van der Waals surface area contributed by atoms with E-state index in [1.807, 2.05) is 0 Å². The molecule has 1 aromatic carbocycles. The number of hydrogen-bond donors (Lipinski definition) is 0. The molecule has 0 bridgehead atoms. The zero-order valence-corrected chi connectivity index (χ0v) is 12.7. The van der Waals surface area contributed by atoms with Crippen LogP contribution in [0, 0.1) is 0 Å². The highest BCUT2D eigenvalue weighted by molar-refractivity contribution is 7.98. The fourth-order valence-electron chi connectivity index (χ4n) is 2.26. The minimum Gasteiger partial charge on any atom is -0.372 e. The van der Waals surface area contributed by atoms with Crippen molar-refractivity contribution in [3.05, 3.63) is 29.8 Å². The van der Waals surface area contributed by atoms with E-state index in [1.54, 1.807) is 11.8 Å². The summed E-state index contributed by atoms with van der Waals surface area (Å²) < 4.78 is 5.73. The Morgan fingerprint density at radius 2 is 1.78 bits per heavy atom. The Labute approximate surface area is 119 Å². The quantitative estimate of drug-likeness (QED) is 0.609. The average Bonchev–Trinajstić information content (AvgIpc) is 2.37. The summed E-state index contributed by atoms with van der Waals surface area (Å²) in [5.74, 6) is 0. The molecule has 2 nitrogen and oxygen atoms in total. The molecule has 4 heteroatoms. The summed E-state index contributed by atoms with van der Waals surface area (Å²) in [4.78, 5) is 4.46. The number of rotatable bonds is 2. The number of hydrogen-bond acceptors (Lipinski definition) is 3. The molecule has 0 spiro atoms. The van der Waals surface area contributed by atoms with Crippen molar-refractivity contribution in [2.24, 2.45) is 0 Å². The van der Waals surface area contributed by atoms with E-state index in [2.05, 4.69) is 49.3 Å².